The number of aromatic nitrogens is 1. The summed E-state index contributed by atoms with van der Waals surface area (Å²) in [6, 6.07) is 5.51. The van der Waals surface area contributed by atoms with Gasteiger partial charge in [0.2, 0.25) is 11.8 Å². The quantitative estimate of drug-likeness (QED) is 0.0891. The van der Waals surface area contributed by atoms with E-state index in [0.29, 0.717) is 29.3 Å². The number of allylic oxidation sites excluding steroid dienone is 3. The van der Waals surface area contributed by atoms with Crippen molar-refractivity contribution in [2.45, 2.75) is 127 Å². The number of alkyl carbamates (subject to hydrolysis) is 1. The Morgan fingerprint density at radius 3 is 2.52 bits per heavy atom. The zero-order valence-corrected chi connectivity index (χ0v) is 41.0. The van der Waals surface area contributed by atoms with Gasteiger partial charge < -0.3 is 33.9 Å². The largest absolute Gasteiger partial charge is 0.495 e. The molecule has 2 aliphatic heterocycles. The number of benzene rings is 1. The summed E-state index contributed by atoms with van der Waals surface area (Å²) < 4.78 is 23.0. The minimum absolute atomic E-state index is 0.0337. The molecule has 0 spiro atoms. The number of pyridine rings is 1. The highest BCUT2D eigenvalue weighted by molar-refractivity contribution is 8.77. The third-order valence-corrected chi connectivity index (χ3v) is 16.2. The van der Waals surface area contributed by atoms with E-state index in [2.05, 4.69) is 10.3 Å². The molecule has 2 aromatic rings. The third-order valence-electron chi connectivity index (χ3n) is 12.5. The van der Waals surface area contributed by atoms with Gasteiger partial charge in [-0.15, -0.1) is 0 Å². The summed E-state index contributed by atoms with van der Waals surface area (Å²) >= 11 is 6.84. The number of fused-ring (bicyclic) bond motifs is 4. The number of amides is 3. The Kier molecular flexibility index (Phi) is 17.8. The van der Waals surface area contributed by atoms with Crippen molar-refractivity contribution in [1.82, 2.24) is 15.2 Å². The number of nitro groups is 1. The van der Waals surface area contributed by atoms with E-state index in [1.165, 1.54) is 64.9 Å². The van der Waals surface area contributed by atoms with Crippen LogP contribution in [0.3, 0.4) is 0 Å². The zero-order valence-electron chi connectivity index (χ0n) is 38.6. The third kappa shape index (κ3) is 12.9. The summed E-state index contributed by atoms with van der Waals surface area (Å²) in [6.07, 6.45) is 3.50. The van der Waals surface area contributed by atoms with Crippen LogP contribution in [0, 0.1) is 27.4 Å². The highest BCUT2D eigenvalue weighted by Crippen LogP contribution is 2.45. The number of hydrogen-bond acceptors (Lipinski definition) is 14. The fourth-order valence-electron chi connectivity index (χ4n) is 7.59. The van der Waals surface area contributed by atoms with Gasteiger partial charge in [0.15, 0.2) is 5.72 Å². The first-order valence-corrected chi connectivity index (χ1v) is 23.5. The number of nitrogens with one attached hydrogen (secondary N) is 1. The number of nitrogens with zero attached hydrogens (tertiary/aromatic N) is 4. The summed E-state index contributed by atoms with van der Waals surface area (Å²) in [4.78, 5) is 72.7. The number of carbonyl (C=O) groups excluding carboxylic acids is 4. The fourth-order valence-corrected chi connectivity index (χ4v) is 10.1. The molecule has 19 heteroatoms. The Hall–Kier alpha value is -4.36. The summed E-state index contributed by atoms with van der Waals surface area (Å²) in [5, 5.41) is 26.3. The van der Waals surface area contributed by atoms with Crippen molar-refractivity contribution in [3.63, 3.8) is 0 Å². The number of ether oxygens (including phenoxy) is 4. The maximum absolute atomic E-state index is 14.4. The molecule has 0 aliphatic carbocycles. The first-order chi connectivity index (χ1) is 29.8. The molecule has 7 atom stereocenters. The van der Waals surface area contributed by atoms with Crippen LogP contribution < -0.4 is 15.0 Å². The molecule has 0 radical (unpaired) electrons. The summed E-state index contributed by atoms with van der Waals surface area (Å²) in [6.45, 7) is 15.0. The van der Waals surface area contributed by atoms with Gasteiger partial charge in [0.1, 0.15) is 46.3 Å². The summed E-state index contributed by atoms with van der Waals surface area (Å²) in [7, 11) is 8.87. The maximum Gasteiger partial charge on any atom is 0.409 e. The van der Waals surface area contributed by atoms with E-state index in [4.69, 9.17) is 30.5 Å². The molecular formula is C45H62ClN5O11S2. The van der Waals surface area contributed by atoms with E-state index in [9.17, 15) is 34.4 Å². The van der Waals surface area contributed by atoms with Crippen LogP contribution in [-0.2, 0) is 35.0 Å². The van der Waals surface area contributed by atoms with E-state index in [1.54, 1.807) is 44.3 Å². The molecular weight excluding hydrogens is 886 g/mol. The molecule has 16 nitrogen and oxygen atoms in total. The molecule has 1 aromatic carbocycles. The number of methoxy groups -OCH3 is 2. The lowest BCUT2D eigenvalue weighted by Gasteiger charge is -2.47. The van der Waals surface area contributed by atoms with Crippen LogP contribution in [0.5, 0.6) is 5.75 Å². The molecule has 352 valence electrons. The Balaban J connectivity index is 1.63. The van der Waals surface area contributed by atoms with Crippen molar-refractivity contribution in [1.29, 1.82) is 0 Å². The first kappa shape index (κ1) is 52.3. The minimum Gasteiger partial charge on any atom is -0.495 e. The Bertz CT molecular complexity index is 2100. The van der Waals surface area contributed by atoms with Crippen LogP contribution >= 0.6 is 33.2 Å². The van der Waals surface area contributed by atoms with Crippen LogP contribution in [0.2, 0.25) is 5.02 Å². The number of anilines is 1. The van der Waals surface area contributed by atoms with Gasteiger partial charge in [-0.1, -0.05) is 73.9 Å². The van der Waals surface area contributed by atoms with E-state index in [1.807, 2.05) is 54.5 Å². The van der Waals surface area contributed by atoms with Crippen LogP contribution in [0.25, 0.3) is 0 Å². The van der Waals surface area contributed by atoms with E-state index >= 15 is 0 Å². The average molecular weight is 949 g/mol. The van der Waals surface area contributed by atoms with Crippen molar-refractivity contribution in [2.75, 3.05) is 33.2 Å². The van der Waals surface area contributed by atoms with Crippen LogP contribution in [-0.4, -0.2) is 107 Å². The summed E-state index contributed by atoms with van der Waals surface area (Å²) in [5.74, 6) is -1.93. The number of carbonyl (C=O) groups is 4. The number of esters is 1. The van der Waals surface area contributed by atoms with Crippen molar-refractivity contribution >= 4 is 68.4 Å². The fraction of sp³-hybridized carbons (Fsp3) is 0.578. The second kappa shape index (κ2) is 21.8. The molecule has 2 N–H and O–H groups in total. The standard InChI is InChI=1S/C45H62ClN5O11S2/c1-26-14-13-15-35(60-12)45(56)24-34(61-42(55)48-45)27(2)28(3)44(7,8)36(23-39(53)50(10)32-21-30(20-26)22-33(59-11)40(32)46)62-41(54)29(4)49(9)38(52)18-19-43(5,6)64-63-37-17-16-31(25-47-37)51(57)58/h13-17,21-22,25,27-29,34-36,56H,18-20,23-24H2,1-12H3,(H,48,55)/b15-13+,26-14+/t27-,28-,29-,34-,35+,36-,45-/m0/s1. The Labute approximate surface area is 388 Å². The highest BCUT2D eigenvalue weighted by atomic mass is 35.5. The van der Waals surface area contributed by atoms with Gasteiger partial charge in [0.05, 0.1) is 24.1 Å². The number of likely N-dealkylation sites (N-methyl/N-ethyl adjacent to an activating group) is 1. The Morgan fingerprint density at radius 1 is 1.22 bits per heavy atom. The van der Waals surface area contributed by atoms with Crippen molar-refractivity contribution in [3.8, 4) is 5.75 Å². The van der Waals surface area contributed by atoms with Gasteiger partial charge in [0, 0.05) is 50.3 Å². The van der Waals surface area contributed by atoms with Crippen molar-refractivity contribution in [2.24, 2.45) is 17.3 Å². The van der Waals surface area contributed by atoms with Gasteiger partial charge in [0.25, 0.3) is 5.69 Å². The lowest BCUT2D eigenvalue weighted by molar-refractivity contribution is -0.385. The van der Waals surface area contributed by atoms with E-state index < -0.39 is 75.0 Å². The monoisotopic (exact) mass is 947 g/mol. The van der Waals surface area contributed by atoms with E-state index in [-0.39, 0.29) is 35.9 Å². The molecule has 4 bridgehead atoms. The van der Waals surface area contributed by atoms with Gasteiger partial charge in [-0.05, 0) is 86.9 Å². The lowest BCUT2D eigenvalue weighted by Crippen LogP contribution is -2.63. The summed E-state index contributed by atoms with van der Waals surface area (Å²) in [5.41, 5.74) is -0.808. The normalized spacial score (nSPS) is 26.1. The molecule has 3 amide bonds. The second-order valence-electron chi connectivity index (χ2n) is 17.8. The molecule has 0 unspecified atom stereocenters. The van der Waals surface area contributed by atoms with Gasteiger partial charge in [-0.2, -0.15) is 0 Å². The topological polar surface area (TPSA) is 200 Å². The van der Waals surface area contributed by atoms with Crippen LogP contribution in [0.4, 0.5) is 16.2 Å². The number of halogens is 1. The minimum atomic E-state index is -1.83. The molecule has 1 fully saturated rings. The van der Waals surface area contributed by atoms with Gasteiger partial charge in [-0.25, -0.2) is 14.6 Å². The lowest BCUT2D eigenvalue weighted by atomic mass is 9.66. The second-order valence-corrected chi connectivity index (χ2v) is 21.1. The Morgan fingerprint density at radius 2 is 1.91 bits per heavy atom. The molecule has 64 heavy (non-hydrogen) atoms. The van der Waals surface area contributed by atoms with Crippen molar-refractivity contribution < 1.29 is 48.2 Å². The molecule has 4 rings (SSSR count). The van der Waals surface area contributed by atoms with E-state index in [0.717, 1.165) is 11.1 Å². The van der Waals surface area contributed by atoms with Gasteiger partial charge >= 0.3 is 12.1 Å². The number of hydrogen-bond donors (Lipinski definition) is 2. The molecule has 0 saturated carbocycles. The van der Waals surface area contributed by atoms with Gasteiger partial charge in [-0.3, -0.25) is 25.0 Å². The van der Waals surface area contributed by atoms with Crippen LogP contribution in [0.15, 0.2) is 59.3 Å². The van der Waals surface area contributed by atoms with Crippen LogP contribution in [0.1, 0.15) is 86.6 Å². The predicted octanol–water partition coefficient (Wildman–Crippen LogP) is 8.32. The zero-order chi connectivity index (χ0) is 47.9. The molecule has 3 heterocycles. The number of rotatable bonds is 12. The van der Waals surface area contributed by atoms with Crippen molar-refractivity contribution in [3.05, 3.63) is 75.0 Å². The predicted molar refractivity (Wildman–Crippen MR) is 248 cm³/mol. The smallest absolute Gasteiger partial charge is 0.409 e. The SMILES string of the molecule is COc1cc2cc(c1Cl)N(C)C(=O)C[C@H](OC(=O)[C@H](C)N(C)C(=O)CCC(C)(C)SSc1ccc([N+](=O)[O-])cn1)C(C)(C)[C@@H](C)[C@H](C)[C@@H]1C[C@@](O)(NC(=O)O1)[C@H](OC)/C=C/C=C(\C)C2. The molecule has 1 aromatic heterocycles. The highest BCUT2D eigenvalue weighted by Gasteiger charge is 2.50. The maximum atomic E-state index is 14.4. The average Bonchev–Trinajstić information content (AvgIpc) is 3.24. The first-order valence-electron chi connectivity index (χ1n) is 21.0. The number of aliphatic hydroxyl groups is 1. The molecule has 2 aliphatic rings. The molecule has 1 saturated heterocycles.